The van der Waals surface area contributed by atoms with E-state index in [0.717, 1.165) is 16.8 Å². The SMILES string of the molecule is Cn1cc(C=C(C#N)c2ccccn2)c(-c2cccnc2)n1. The molecule has 0 saturated carbocycles. The molecule has 0 spiro atoms. The molecule has 3 aromatic heterocycles. The minimum atomic E-state index is 0.499. The van der Waals surface area contributed by atoms with Gasteiger partial charge in [-0.15, -0.1) is 0 Å². The molecule has 0 aliphatic heterocycles. The van der Waals surface area contributed by atoms with Gasteiger partial charge in [-0.2, -0.15) is 10.4 Å². The molecule has 5 heteroatoms. The van der Waals surface area contributed by atoms with Crippen molar-refractivity contribution >= 4 is 11.6 Å². The van der Waals surface area contributed by atoms with Gasteiger partial charge in [0.1, 0.15) is 11.8 Å². The minimum Gasteiger partial charge on any atom is -0.275 e. The van der Waals surface area contributed by atoms with Crippen molar-refractivity contribution in [1.29, 1.82) is 5.26 Å². The third-order valence-corrected chi connectivity index (χ3v) is 3.15. The number of allylic oxidation sites excluding steroid dienone is 1. The van der Waals surface area contributed by atoms with Crippen LogP contribution in [0.2, 0.25) is 0 Å². The zero-order valence-corrected chi connectivity index (χ0v) is 12.0. The maximum Gasteiger partial charge on any atom is 0.101 e. The Hall–Kier alpha value is -3.26. The number of hydrogen-bond acceptors (Lipinski definition) is 4. The van der Waals surface area contributed by atoms with Crippen LogP contribution in [0, 0.1) is 11.3 Å². The predicted octanol–water partition coefficient (Wildman–Crippen LogP) is 2.94. The van der Waals surface area contributed by atoms with Crippen molar-refractivity contribution in [3.63, 3.8) is 0 Å². The van der Waals surface area contributed by atoms with E-state index in [1.807, 2.05) is 43.6 Å². The predicted molar refractivity (Wildman–Crippen MR) is 84.2 cm³/mol. The summed E-state index contributed by atoms with van der Waals surface area (Å²) in [7, 11) is 1.85. The average molecular weight is 287 g/mol. The van der Waals surface area contributed by atoms with E-state index in [-0.39, 0.29) is 0 Å². The molecule has 3 rings (SSSR count). The van der Waals surface area contributed by atoms with Gasteiger partial charge in [-0.25, -0.2) is 0 Å². The van der Waals surface area contributed by atoms with Gasteiger partial charge in [0.05, 0.1) is 11.3 Å². The summed E-state index contributed by atoms with van der Waals surface area (Å²) < 4.78 is 1.72. The monoisotopic (exact) mass is 287 g/mol. The fourth-order valence-electron chi connectivity index (χ4n) is 2.18. The molecule has 0 bridgehead atoms. The summed E-state index contributed by atoms with van der Waals surface area (Å²) in [5, 5.41) is 13.9. The van der Waals surface area contributed by atoms with E-state index >= 15 is 0 Å². The molecule has 5 nitrogen and oxygen atoms in total. The van der Waals surface area contributed by atoms with Gasteiger partial charge < -0.3 is 0 Å². The van der Waals surface area contributed by atoms with Gasteiger partial charge in [0.25, 0.3) is 0 Å². The molecule has 0 amide bonds. The summed E-state index contributed by atoms with van der Waals surface area (Å²) >= 11 is 0. The number of aryl methyl sites for hydroxylation is 1. The van der Waals surface area contributed by atoms with E-state index in [1.165, 1.54) is 0 Å². The van der Waals surface area contributed by atoms with Crippen LogP contribution in [0.3, 0.4) is 0 Å². The van der Waals surface area contributed by atoms with Gasteiger partial charge in [0, 0.05) is 43.0 Å². The number of pyridine rings is 2. The molecule has 106 valence electrons. The zero-order chi connectivity index (χ0) is 15.4. The Morgan fingerprint density at radius 3 is 2.82 bits per heavy atom. The van der Waals surface area contributed by atoms with E-state index in [4.69, 9.17) is 0 Å². The second-order valence-corrected chi connectivity index (χ2v) is 4.73. The largest absolute Gasteiger partial charge is 0.275 e. The van der Waals surface area contributed by atoms with E-state index < -0.39 is 0 Å². The molecular formula is C17H13N5. The van der Waals surface area contributed by atoms with Gasteiger partial charge >= 0.3 is 0 Å². The van der Waals surface area contributed by atoms with Crippen LogP contribution in [0.1, 0.15) is 11.3 Å². The zero-order valence-electron chi connectivity index (χ0n) is 12.0. The molecule has 0 aromatic carbocycles. The van der Waals surface area contributed by atoms with Crippen LogP contribution in [-0.2, 0) is 7.05 Å². The molecule has 0 N–H and O–H groups in total. The number of hydrogen-bond donors (Lipinski definition) is 0. The Morgan fingerprint density at radius 1 is 1.23 bits per heavy atom. The first-order valence-corrected chi connectivity index (χ1v) is 6.75. The van der Waals surface area contributed by atoms with Crippen LogP contribution < -0.4 is 0 Å². The topological polar surface area (TPSA) is 67.4 Å². The fraction of sp³-hybridized carbons (Fsp3) is 0.0588. The minimum absolute atomic E-state index is 0.499. The molecule has 3 aromatic rings. The summed E-state index contributed by atoms with van der Waals surface area (Å²) in [5.41, 5.74) is 3.70. The molecule has 22 heavy (non-hydrogen) atoms. The molecule has 0 saturated heterocycles. The quantitative estimate of drug-likeness (QED) is 0.695. The summed E-state index contributed by atoms with van der Waals surface area (Å²) in [6.07, 6.45) is 8.83. The van der Waals surface area contributed by atoms with E-state index in [9.17, 15) is 5.26 Å². The lowest BCUT2D eigenvalue weighted by atomic mass is 10.1. The summed E-state index contributed by atoms with van der Waals surface area (Å²) in [6, 6.07) is 11.5. The van der Waals surface area contributed by atoms with Crippen molar-refractivity contribution in [3.05, 3.63) is 66.4 Å². The fourth-order valence-corrected chi connectivity index (χ4v) is 2.18. The van der Waals surface area contributed by atoms with E-state index in [0.29, 0.717) is 11.3 Å². The van der Waals surface area contributed by atoms with Crippen LogP contribution in [-0.4, -0.2) is 19.7 Å². The van der Waals surface area contributed by atoms with Gasteiger partial charge in [-0.1, -0.05) is 6.07 Å². The Labute approximate surface area is 128 Å². The summed E-state index contributed by atoms with van der Waals surface area (Å²) in [4.78, 5) is 8.35. The molecule has 0 aliphatic carbocycles. The van der Waals surface area contributed by atoms with Gasteiger partial charge in [0.15, 0.2) is 0 Å². The molecule has 0 radical (unpaired) electrons. The highest BCUT2D eigenvalue weighted by Gasteiger charge is 2.10. The molecule has 0 fully saturated rings. The standard InChI is InChI=1S/C17H13N5/c1-22-12-15(17(21-22)13-5-4-7-19-11-13)9-14(10-18)16-6-2-3-8-20-16/h2-9,11-12H,1H3. The first-order valence-electron chi connectivity index (χ1n) is 6.75. The Balaban J connectivity index is 2.10. The van der Waals surface area contributed by atoms with E-state index in [1.54, 1.807) is 29.3 Å². The van der Waals surface area contributed by atoms with Gasteiger partial charge in [-0.3, -0.25) is 14.6 Å². The summed E-state index contributed by atoms with van der Waals surface area (Å²) in [6.45, 7) is 0. The van der Waals surface area contributed by atoms with Crippen molar-refractivity contribution in [2.75, 3.05) is 0 Å². The first kappa shape index (κ1) is 13.7. The van der Waals surface area contributed by atoms with Crippen LogP contribution >= 0.6 is 0 Å². The second-order valence-electron chi connectivity index (χ2n) is 4.73. The highest BCUT2D eigenvalue weighted by atomic mass is 15.2. The highest BCUT2D eigenvalue weighted by molar-refractivity contribution is 5.91. The molecular weight excluding hydrogens is 274 g/mol. The number of rotatable bonds is 3. The Bertz CT molecular complexity index is 842. The average Bonchev–Trinajstić information content (AvgIpc) is 2.95. The van der Waals surface area contributed by atoms with Crippen LogP contribution in [0.15, 0.2) is 55.1 Å². The Kier molecular flexibility index (Phi) is 3.75. The number of aromatic nitrogens is 4. The third kappa shape index (κ3) is 2.76. The lowest BCUT2D eigenvalue weighted by Crippen LogP contribution is -1.88. The number of nitriles is 1. The second kappa shape index (κ2) is 6.02. The first-order chi connectivity index (χ1) is 10.8. The normalized spacial score (nSPS) is 11.2. The van der Waals surface area contributed by atoms with Gasteiger partial charge in [0.2, 0.25) is 0 Å². The highest BCUT2D eigenvalue weighted by Crippen LogP contribution is 2.25. The van der Waals surface area contributed by atoms with Crippen LogP contribution in [0.25, 0.3) is 22.9 Å². The number of nitrogens with zero attached hydrogens (tertiary/aromatic N) is 5. The molecule has 0 unspecified atom stereocenters. The lowest BCUT2D eigenvalue weighted by Gasteiger charge is -2.00. The summed E-state index contributed by atoms with van der Waals surface area (Å²) in [5.74, 6) is 0. The lowest BCUT2D eigenvalue weighted by molar-refractivity contribution is 0.770. The molecule has 0 aliphatic rings. The van der Waals surface area contributed by atoms with E-state index in [2.05, 4.69) is 21.1 Å². The molecule has 3 heterocycles. The van der Waals surface area contributed by atoms with Crippen LogP contribution in [0.4, 0.5) is 0 Å². The molecule has 0 atom stereocenters. The van der Waals surface area contributed by atoms with Gasteiger partial charge in [-0.05, 0) is 30.3 Å². The maximum absolute atomic E-state index is 9.41. The maximum atomic E-state index is 9.41. The third-order valence-electron chi connectivity index (χ3n) is 3.15. The van der Waals surface area contributed by atoms with Crippen molar-refractivity contribution in [2.24, 2.45) is 7.05 Å². The Morgan fingerprint density at radius 2 is 2.14 bits per heavy atom. The van der Waals surface area contributed by atoms with Crippen molar-refractivity contribution in [1.82, 2.24) is 19.7 Å². The smallest absolute Gasteiger partial charge is 0.101 e. The van der Waals surface area contributed by atoms with Crippen molar-refractivity contribution in [3.8, 4) is 17.3 Å². The van der Waals surface area contributed by atoms with Crippen molar-refractivity contribution < 1.29 is 0 Å². The van der Waals surface area contributed by atoms with Crippen LogP contribution in [0.5, 0.6) is 0 Å². The van der Waals surface area contributed by atoms with Crippen molar-refractivity contribution in [2.45, 2.75) is 0 Å².